The third kappa shape index (κ3) is 3.59. The molecule has 0 bridgehead atoms. The number of aliphatic hydroxyl groups is 1. The van der Waals surface area contributed by atoms with Gasteiger partial charge in [-0.25, -0.2) is 4.79 Å². The van der Waals surface area contributed by atoms with Crippen molar-refractivity contribution in [3.63, 3.8) is 0 Å². The first-order valence-electron chi connectivity index (χ1n) is 9.51. The van der Waals surface area contributed by atoms with E-state index in [9.17, 15) is 14.7 Å². The van der Waals surface area contributed by atoms with E-state index in [0.717, 1.165) is 16.0 Å². The minimum absolute atomic E-state index is 0.0376. The number of benzene rings is 1. The average Bonchev–Trinajstić information content (AvgIpc) is 3.27. The van der Waals surface area contributed by atoms with E-state index in [1.54, 1.807) is 18.4 Å². The smallest absolute Gasteiger partial charge is 0.341 e. The minimum Gasteiger partial charge on any atom is -0.493 e. The molecule has 1 aromatic carbocycles. The largest absolute Gasteiger partial charge is 0.493 e. The van der Waals surface area contributed by atoms with Gasteiger partial charge in [-0.15, -0.1) is 11.3 Å². The van der Waals surface area contributed by atoms with Crippen molar-refractivity contribution < 1.29 is 24.5 Å². The van der Waals surface area contributed by atoms with Gasteiger partial charge in [-0.1, -0.05) is 6.07 Å². The fourth-order valence-electron chi connectivity index (χ4n) is 3.74. The van der Waals surface area contributed by atoms with Crippen LogP contribution in [0.15, 0.2) is 46.7 Å². The maximum absolute atomic E-state index is 12.5. The molecule has 3 heterocycles. The monoisotopic (exact) mass is 427 g/mol. The van der Waals surface area contributed by atoms with Crippen molar-refractivity contribution in [2.24, 2.45) is 0 Å². The second-order valence-corrected chi connectivity index (χ2v) is 7.95. The molecular weight excluding hydrogens is 406 g/mol. The normalized spacial score (nSPS) is 14.7. The summed E-state index contributed by atoms with van der Waals surface area (Å²) in [5.74, 6) is -0.147. The van der Waals surface area contributed by atoms with E-state index in [1.165, 1.54) is 12.3 Å². The molecule has 30 heavy (non-hydrogen) atoms. The Morgan fingerprint density at radius 3 is 2.80 bits per heavy atom. The molecule has 156 valence electrons. The van der Waals surface area contributed by atoms with Crippen molar-refractivity contribution in [1.82, 2.24) is 4.57 Å². The van der Waals surface area contributed by atoms with Crippen LogP contribution >= 0.6 is 11.3 Å². The molecule has 4 rings (SSSR count). The number of aromatic carboxylic acids is 1. The topological polar surface area (TPSA) is 98.0 Å². The van der Waals surface area contributed by atoms with E-state index in [0.29, 0.717) is 36.6 Å². The van der Waals surface area contributed by atoms with E-state index in [1.807, 2.05) is 34.2 Å². The molecule has 1 unspecified atom stereocenters. The predicted molar refractivity (Wildman–Crippen MR) is 113 cm³/mol. The molecule has 3 aromatic rings. The van der Waals surface area contributed by atoms with Crippen LogP contribution in [0.5, 0.6) is 11.5 Å². The number of ether oxygens (including phenoxy) is 2. The Kier molecular flexibility index (Phi) is 5.61. The van der Waals surface area contributed by atoms with Gasteiger partial charge in [0.1, 0.15) is 5.56 Å². The van der Waals surface area contributed by atoms with Crippen molar-refractivity contribution >= 4 is 17.3 Å². The third-order valence-electron chi connectivity index (χ3n) is 5.16. The highest BCUT2D eigenvalue weighted by molar-refractivity contribution is 7.10. The molecule has 2 N–H and O–H groups in total. The molecular formula is C22H21NO6S. The van der Waals surface area contributed by atoms with Crippen LogP contribution in [0.3, 0.4) is 0 Å². The van der Waals surface area contributed by atoms with Gasteiger partial charge < -0.3 is 24.3 Å². The number of hydrogen-bond donors (Lipinski definition) is 2. The summed E-state index contributed by atoms with van der Waals surface area (Å²) < 4.78 is 13.1. The summed E-state index contributed by atoms with van der Waals surface area (Å²) in [5.41, 5.74) is 1.65. The van der Waals surface area contributed by atoms with Crippen LogP contribution in [-0.2, 0) is 6.42 Å². The molecule has 2 aromatic heterocycles. The number of carboxylic acid groups (broad SMARTS) is 1. The van der Waals surface area contributed by atoms with Gasteiger partial charge in [-0.2, -0.15) is 0 Å². The molecule has 1 aliphatic rings. The fraction of sp³-hybridized carbons (Fsp3) is 0.273. The van der Waals surface area contributed by atoms with Crippen molar-refractivity contribution in [3.05, 3.63) is 68.1 Å². The van der Waals surface area contributed by atoms with Gasteiger partial charge in [-0.05, 0) is 35.6 Å². The van der Waals surface area contributed by atoms with Crippen molar-refractivity contribution in [1.29, 1.82) is 0 Å². The van der Waals surface area contributed by atoms with Crippen LogP contribution in [-0.4, -0.2) is 41.1 Å². The van der Waals surface area contributed by atoms with Crippen LogP contribution < -0.4 is 14.9 Å². The molecule has 1 atom stereocenters. The number of carbonyl (C=O) groups is 1. The average molecular weight is 427 g/mol. The lowest BCUT2D eigenvalue weighted by atomic mass is 9.91. The minimum atomic E-state index is -1.24. The summed E-state index contributed by atoms with van der Waals surface area (Å²) in [7, 11) is 1.54. The van der Waals surface area contributed by atoms with Crippen LogP contribution in [0.1, 0.15) is 33.3 Å². The molecule has 0 aliphatic carbocycles. The summed E-state index contributed by atoms with van der Waals surface area (Å²) in [6.07, 6.45) is 2.56. The molecule has 7 nitrogen and oxygen atoms in total. The van der Waals surface area contributed by atoms with Gasteiger partial charge in [-0.3, -0.25) is 4.79 Å². The number of rotatable bonds is 7. The number of aliphatic hydroxyl groups excluding tert-OH is 1. The lowest BCUT2D eigenvalue weighted by Gasteiger charge is -2.31. The van der Waals surface area contributed by atoms with E-state index < -0.39 is 11.4 Å². The molecule has 0 saturated carbocycles. The van der Waals surface area contributed by atoms with Gasteiger partial charge in [0.05, 0.1) is 25.5 Å². The van der Waals surface area contributed by atoms with E-state index in [-0.39, 0.29) is 18.2 Å². The number of aromatic nitrogens is 1. The van der Waals surface area contributed by atoms with Crippen molar-refractivity contribution in [3.8, 4) is 22.8 Å². The third-order valence-corrected chi connectivity index (χ3v) is 6.13. The Morgan fingerprint density at radius 1 is 1.30 bits per heavy atom. The van der Waals surface area contributed by atoms with E-state index >= 15 is 0 Å². The number of fused-ring (bicyclic) bond motifs is 3. The number of carboxylic acids is 1. The zero-order valence-electron chi connectivity index (χ0n) is 16.3. The number of nitrogens with zero attached hydrogens (tertiary/aromatic N) is 1. The van der Waals surface area contributed by atoms with Gasteiger partial charge in [0.15, 0.2) is 16.9 Å². The molecule has 0 radical (unpaired) electrons. The van der Waals surface area contributed by atoms with Gasteiger partial charge >= 0.3 is 5.97 Å². The Balaban J connectivity index is 1.89. The maximum Gasteiger partial charge on any atom is 0.341 e. The summed E-state index contributed by atoms with van der Waals surface area (Å²) in [6.45, 7) is 0.397. The van der Waals surface area contributed by atoms with Gasteiger partial charge in [0.2, 0.25) is 0 Å². The highest BCUT2D eigenvalue weighted by Gasteiger charge is 2.29. The highest BCUT2D eigenvalue weighted by atomic mass is 32.1. The van der Waals surface area contributed by atoms with Crippen LogP contribution in [0, 0.1) is 0 Å². The quantitative estimate of drug-likeness (QED) is 0.562. The Morgan fingerprint density at radius 2 is 2.13 bits per heavy atom. The maximum atomic E-state index is 12.5. The first-order chi connectivity index (χ1) is 14.5. The Labute approximate surface area is 176 Å². The van der Waals surface area contributed by atoms with Crippen LogP contribution in [0.2, 0.25) is 0 Å². The second-order valence-electron chi connectivity index (χ2n) is 6.97. The number of hydrogen-bond acceptors (Lipinski definition) is 6. The molecule has 0 saturated heterocycles. The lowest BCUT2D eigenvalue weighted by Crippen LogP contribution is -2.25. The van der Waals surface area contributed by atoms with Crippen LogP contribution in [0.25, 0.3) is 11.3 Å². The van der Waals surface area contributed by atoms with Crippen molar-refractivity contribution in [2.45, 2.75) is 18.9 Å². The summed E-state index contributed by atoms with van der Waals surface area (Å²) in [6, 6.07) is 8.93. The van der Waals surface area contributed by atoms with Crippen LogP contribution in [0.4, 0.5) is 0 Å². The number of thiophene rings is 1. The standard InChI is InChI=1S/C22H21NO6S/c1-28-19-10-14-13(9-20(19)29-6-3-5-24)8-17(21-4-2-7-30-21)23-12-15(22(26)27)18(25)11-16(14)23/h2,4,7,9-12,17,24H,3,5-6,8H2,1H3,(H,26,27). The van der Waals surface area contributed by atoms with E-state index in [4.69, 9.17) is 14.6 Å². The SMILES string of the molecule is COc1cc2c(cc1OCCCO)CC(c1cccs1)n1cc(C(=O)O)c(=O)cc1-2. The summed E-state index contributed by atoms with van der Waals surface area (Å²) in [5, 5.41) is 20.4. The number of methoxy groups -OCH3 is 1. The van der Waals surface area contributed by atoms with Gasteiger partial charge in [0.25, 0.3) is 0 Å². The molecule has 0 spiro atoms. The van der Waals surface area contributed by atoms with Gasteiger partial charge in [0, 0.05) is 35.7 Å². The molecule has 8 heteroatoms. The number of pyridine rings is 1. The van der Waals surface area contributed by atoms with E-state index in [2.05, 4.69) is 0 Å². The lowest BCUT2D eigenvalue weighted by molar-refractivity contribution is 0.0694. The Hall–Kier alpha value is -3.10. The highest BCUT2D eigenvalue weighted by Crippen LogP contribution is 2.43. The summed E-state index contributed by atoms with van der Waals surface area (Å²) in [4.78, 5) is 25.1. The molecule has 0 fully saturated rings. The zero-order valence-corrected chi connectivity index (χ0v) is 17.1. The molecule has 1 aliphatic heterocycles. The molecule has 0 amide bonds. The Bertz CT molecular complexity index is 1140. The predicted octanol–water partition coefficient (Wildman–Crippen LogP) is 3.19. The zero-order chi connectivity index (χ0) is 21.3. The second kappa shape index (κ2) is 8.33. The fourth-order valence-corrected chi connectivity index (χ4v) is 4.56. The summed E-state index contributed by atoms with van der Waals surface area (Å²) >= 11 is 1.58. The first-order valence-corrected chi connectivity index (χ1v) is 10.4. The first kappa shape index (κ1) is 20.2. The van der Waals surface area contributed by atoms with Crippen molar-refractivity contribution in [2.75, 3.05) is 20.3 Å².